The molecule has 0 radical (unpaired) electrons. The molecule has 1 aromatic heterocycles. The molecule has 0 amide bonds. The number of hydrogen-bond acceptors (Lipinski definition) is 2. The average molecular weight is 339 g/mol. The van der Waals surface area contributed by atoms with Crippen LogP contribution in [-0.4, -0.2) is 15.4 Å². The molecule has 3 aromatic rings. The molecule has 0 aliphatic heterocycles. The lowest BCUT2D eigenvalue weighted by atomic mass is 10.1. The number of halogens is 1. The van der Waals surface area contributed by atoms with Crippen molar-refractivity contribution in [2.75, 3.05) is 0 Å². The zero-order chi connectivity index (χ0) is 16.9. The van der Waals surface area contributed by atoms with Crippen molar-refractivity contribution >= 4 is 17.4 Å². The van der Waals surface area contributed by atoms with Crippen LogP contribution in [0.3, 0.4) is 0 Å². The number of rotatable bonds is 6. The highest BCUT2D eigenvalue weighted by molar-refractivity contribution is 6.30. The minimum Gasteiger partial charge on any atom is -0.384 e. The molecule has 1 heterocycles. The largest absolute Gasteiger partial charge is 0.384 e. The van der Waals surface area contributed by atoms with Crippen molar-refractivity contribution in [1.82, 2.24) is 9.55 Å². The Balaban J connectivity index is 1.74. The van der Waals surface area contributed by atoms with Crippen LogP contribution in [0.2, 0.25) is 5.02 Å². The summed E-state index contributed by atoms with van der Waals surface area (Å²) in [4.78, 5) is 4.47. The van der Waals surface area contributed by atoms with Gasteiger partial charge < -0.3 is 10.3 Å². The highest BCUT2D eigenvalue weighted by Gasteiger charge is 2.08. The fourth-order valence-electron chi connectivity index (χ4n) is 2.72. The summed E-state index contributed by atoms with van der Waals surface area (Å²) in [6, 6.07) is 15.6. The molecule has 0 fully saturated rings. The van der Waals surface area contributed by atoms with Crippen molar-refractivity contribution in [3.05, 3.63) is 88.5 Å². The first kappa shape index (κ1) is 16.3. The quantitative estimate of drug-likeness (QED) is 0.532. The van der Waals surface area contributed by atoms with Gasteiger partial charge in [0.1, 0.15) is 11.7 Å². The fourth-order valence-corrected chi connectivity index (χ4v) is 2.85. The van der Waals surface area contributed by atoms with E-state index in [9.17, 15) is 0 Å². The number of nitrogens with zero attached hydrogens (tertiary/aromatic N) is 2. The van der Waals surface area contributed by atoms with Gasteiger partial charge in [-0.15, -0.1) is 0 Å². The number of aromatic nitrogens is 2. The molecule has 0 saturated heterocycles. The number of hydrogen-bond donors (Lipinski definition) is 2. The van der Waals surface area contributed by atoms with Gasteiger partial charge in [0.05, 0.1) is 0 Å². The highest BCUT2D eigenvalue weighted by Crippen LogP contribution is 2.14. The molecule has 0 atom stereocenters. The van der Waals surface area contributed by atoms with Crippen molar-refractivity contribution < 1.29 is 0 Å². The Labute approximate surface area is 146 Å². The normalized spacial score (nSPS) is 10.7. The van der Waals surface area contributed by atoms with E-state index in [1.807, 2.05) is 60.9 Å². The zero-order valence-electron chi connectivity index (χ0n) is 13.2. The van der Waals surface area contributed by atoms with Crippen LogP contribution in [0.4, 0.5) is 0 Å². The van der Waals surface area contributed by atoms with E-state index in [0.29, 0.717) is 6.54 Å². The lowest BCUT2D eigenvalue weighted by Crippen LogP contribution is -2.16. The SMILES string of the molecule is N=C(N)c1ccccc1Cn1ccnc1CCc1ccc(Cl)cc1. The lowest BCUT2D eigenvalue weighted by Gasteiger charge is -2.11. The van der Waals surface area contributed by atoms with Crippen LogP contribution >= 0.6 is 11.6 Å². The molecule has 24 heavy (non-hydrogen) atoms. The second-order valence-corrected chi connectivity index (χ2v) is 6.11. The molecule has 0 aliphatic rings. The Morgan fingerprint density at radius 1 is 1.08 bits per heavy atom. The van der Waals surface area contributed by atoms with Gasteiger partial charge in [0.15, 0.2) is 0 Å². The zero-order valence-corrected chi connectivity index (χ0v) is 14.0. The molecule has 3 rings (SSSR count). The van der Waals surface area contributed by atoms with Gasteiger partial charge >= 0.3 is 0 Å². The smallest absolute Gasteiger partial charge is 0.123 e. The van der Waals surface area contributed by atoms with Crippen LogP contribution in [-0.2, 0) is 19.4 Å². The maximum absolute atomic E-state index is 7.71. The topological polar surface area (TPSA) is 67.7 Å². The van der Waals surface area contributed by atoms with E-state index in [0.717, 1.165) is 34.8 Å². The summed E-state index contributed by atoms with van der Waals surface area (Å²) in [6.07, 6.45) is 5.53. The maximum atomic E-state index is 7.71. The van der Waals surface area contributed by atoms with Gasteiger partial charge in [-0.1, -0.05) is 48.0 Å². The molecule has 0 spiro atoms. The number of benzene rings is 2. The number of amidine groups is 1. The molecule has 2 aromatic carbocycles. The molecule has 0 unspecified atom stereocenters. The first-order chi connectivity index (χ1) is 11.6. The number of nitrogen functional groups attached to an aromatic ring is 1. The molecule has 0 aliphatic carbocycles. The van der Waals surface area contributed by atoms with E-state index in [1.165, 1.54) is 5.56 Å². The number of aryl methyl sites for hydroxylation is 2. The van der Waals surface area contributed by atoms with Crippen LogP contribution in [0.15, 0.2) is 60.9 Å². The van der Waals surface area contributed by atoms with Gasteiger partial charge in [-0.25, -0.2) is 4.98 Å². The summed E-state index contributed by atoms with van der Waals surface area (Å²) in [5, 5.41) is 8.46. The summed E-state index contributed by atoms with van der Waals surface area (Å²) in [5.74, 6) is 1.11. The third kappa shape index (κ3) is 3.84. The Morgan fingerprint density at radius 2 is 1.83 bits per heavy atom. The summed E-state index contributed by atoms with van der Waals surface area (Å²) in [6.45, 7) is 0.658. The van der Waals surface area contributed by atoms with Crippen LogP contribution in [0.1, 0.15) is 22.5 Å². The molecule has 3 N–H and O–H groups in total. The summed E-state index contributed by atoms with van der Waals surface area (Å²) in [5.41, 5.74) is 8.71. The van der Waals surface area contributed by atoms with Crippen molar-refractivity contribution in [2.45, 2.75) is 19.4 Å². The van der Waals surface area contributed by atoms with Gasteiger partial charge in [0.25, 0.3) is 0 Å². The van der Waals surface area contributed by atoms with E-state index in [1.54, 1.807) is 0 Å². The van der Waals surface area contributed by atoms with Crippen molar-refractivity contribution in [1.29, 1.82) is 5.41 Å². The fraction of sp³-hybridized carbons (Fsp3) is 0.158. The first-order valence-corrected chi connectivity index (χ1v) is 8.18. The minimum absolute atomic E-state index is 0.0911. The Bertz CT molecular complexity index is 837. The van der Waals surface area contributed by atoms with Crippen LogP contribution in [0.5, 0.6) is 0 Å². The molecule has 122 valence electrons. The molecule has 0 saturated carbocycles. The van der Waals surface area contributed by atoms with Gasteiger partial charge in [-0.2, -0.15) is 0 Å². The summed E-state index contributed by atoms with van der Waals surface area (Å²) < 4.78 is 2.11. The second-order valence-electron chi connectivity index (χ2n) is 5.67. The predicted octanol–water partition coefficient (Wildman–Crippen LogP) is 3.65. The minimum atomic E-state index is 0.0911. The van der Waals surface area contributed by atoms with E-state index in [-0.39, 0.29) is 5.84 Å². The molecule has 0 bridgehead atoms. The van der Waals surface area contributed by atoms with E-state index in [4.69, 9.17) is 22.7 Å². The lowest BCUT2D eigenvalue weighted by molar-refractivity contribution is 0.711. The highest BCUT2D eigenvalue weighted by atomic mass is 35.5. The van der Waals surface area contributed by atoms with Crippen LogP contribution in [0.25, 0.3) is 0 Å². The monoisotopic (exact) mass is 338 g/mol. The van der Waals surface area contributed by atoms with E-state index in [2.05, 4.69) is 9.55 Å². The molecule has 4 nitrogen and oxygen atoms in total. The predicted molar refractivity (Wildman–Crippen MR) is 97.6 cm³/mol. The molecule has 5 heteroatoms. The third-order valence-electron chi connectivity index (χ3n) is 4.00. The average Bonchev–Trinajstić information content (AvgIpc) is 3.02. The van der Waals surface area contributed by atoms with Crippen molar-refractivity contribution in [3.63, 3.8) is 0 Å². The Kier molecular flexibility index (Phi) is 4.96. The van der Waals surface area contributed by atoms with Crippen LogP contribution in [0, 0.1) is 5.41 Å². The van der Waals surface area contributed by atoms with Gasteiger partial charge in [-0.3, -0.25) is 5.41 Å². The summed E-state index contributed by atoms with van der Waals surface area (Å²) >= 11 is 5.92. The number of nitrogens with one attached hydrogen (secondary N) is 1. The number of imidazole rings is 1. The molecular formula is C19H19ClN4. The third-order valence-corrected chi connectivity index (χ3v) is 4.25. The van der Waals surface area contributed by atoms with Gasteiger partial charge in [0, 0.05) is 35.9 Å². The van der Waals surface area contributed by atoms with Gasteiger partial charge in [0.2, 0.25) is 0 Å². The van der Waals surface area contributed by atoms with Crippen LogP contribution < -0.4 is 5.73 Å². The van der Waals surface area contributed by atoms with Gasteiger partial charge in [-0.05, 0) is 29.7 Å². The number of nitrogens with two attached hydrogens (primary N) is 1. The summed E-state index contributed by atoms with van der Waals surface area (Å²) in [7, 11) is 0. The second kappa shape index (κ2) is 7.32. The van der Waals surface area contributed by atoms with Crippen molar-refractivity contribution in [2.24, 2.45) is 5.73 Å². The van der Waals surface area contributed by atoms with Crippen molar-refractivity contribution in [3.8, 4) is 0 Å². The maximum Gasteiger partial charge on any atom is 0.123 e. The Morgan fingerprint density at radius 3 is 2.58 bits per heavy atom. The Hall–Kier alpha value is -2.59. The molecular weight excluding hydrogens is 320 g/mol. The standard InChI is InChI=1S/C19H19ClN4/c20-16-8-5-14(6-9-16)7-10-18-23-11-12-24(18)13-15-3-1-2-4-17(15)19(21)22/h1-6,8-9,11-12H,7,10,13H2,(H3,21,22). The first-order valence-electron chi connectivity index (χ1n) is 7.80. The van der Waals surface area contributed by atoms with E-state index < -0.39 is 0 Å². The van der Waals surface area contributed by atoms with E-state index >= 15 is 0 Å².